The molecule has 0 bridgehead atoms. The highest BCUT2D eigenvalue weighted by molar-refractivity contribution is 9.09. The van der Waals surface area contributed by atoms with Gasteiger partial charge in [-0.15, -0.1) is 0 Å². The van der Waals surface area contributed by atoms with Crippen LogP contribution in [-0.4, -0.2) is 16.2 Å². The fourth-order valence-electron chi connectivity index (χ4n) is 1.91. The lowest BCUT2D eigenvalue weighted by Crippen LogP contribution is -2.14. The van der Waals surface area contributed by atoms with Gasteiger partial charge in [0.1, 0.15) is 17.5 Å². The zero-order valence-electron chi connectivity index (χ0n) is 12.5. The fourth-order valence-corrected chi connectivity index (χ4v) is 2.19. The minimum absolute atomic E-state index is 0.0926. The molecule has 0 aliphatic rings. The molecule has 1 aromatic heterocycles. The smallest absolute Gasteiger partial charge is 0.224 e. The Labute approximate surface area is 142 Å². The van der Waals surface area contributed by atoms with Gasteiger partial charge in [-0.05, 0) is 36.2 Å². The zero-order chi connectivity index (χ0) is 16.7. The molecule has 0 unspecified atom stereocenters. The van der Waals surface area contributed by atoms with E-state index in [9.17, 15) is 9.18 Å². The van der Waals surface area contributed by atoms with Crippen LogP contribution in [0.25, 0.3) is 0 Å². The second-order valence-corrected chi connectivity index (χ2v) is 5.74. The molecule has 0 saturated carbocycles. The van der Waals surface area contributed by atoms with Gasteiger partial charge < -0.3 is 16.4 Å². The largest absolute Gasteiger partial charge is 0.382 e. The lowest BCUT2D eigenvalue weighted by Gasteiger charge is -2.10. The molecule has 0 aliphatic carbocycles. The van der Waals surface area contributed by atoms with E-state index in [2.05, 4.69) is 31.5 Å². The summed E-state index contributed by atoms with van der Waals surface area (Å²) in [4.78, 5) is 15.9. The first kappa shape index (κ1) is 17.2. The predicted octanol–water partition coefficient (Wildman–Crippen LogP) is 3.53. The summed E-state index contributed by atoms with van der Waals surface area (Å²) in [6, 6.07) is 9.66. The van der Waals surface area contributed by atoms with Crippen molar-refractivity contribution in [2.75, 3.05) is 21.7 Å². The van der Waals surface area contributed by atoms with Crippen LogP contribution >= 0.6 is 15.9 Å². The topological polar surface area (TPSA) is 80.0 Å². The van der Waals surface area contributed by atoms with Crippen molar-refractivity contribution in [2.45, 2.75) is 19.4 Å². The number of benzene rings is 1. The lowest BCUT2D eigenvalue weighted by molar-refractivity contribution is -0.116. The predicted molar refractivity (Wildman–Crippen MR) is 94.0 cm³/mol. The number of amides is 1. The number of nitrogen functional groups attached to an aromatic ring is 1. The number of nitrogens with zero attached hydrogens (tertiary/aromatic N) is 1. The van der Waals surface area contributed by atoms with Crippen LogP contribution in [0, 0.1) is 5.82 Å². The number of hydrogen-bond acceptors (Lipinski definition) is 4. The Morgan fingerprint density at radius 3 is 2.61 bits per heavy atom. The Morgan fingerprint density at radius 2 is 1.96 bits per heavy atom. The van der Waals surface area contributed by atoms with Crippen molar-refractivity contribution in [1.82, 2.24) is 4.98 Å². The monoisotopic (exact) mass is 380 g/mol. The molecule has 0 aliphatic heterocycles. The summed E-state index contributed by atoms with van der Waals surface area (Å²) in [7, 11) is 0. The summed E-state index contributed by atoms with van der Waals surface area (Å²) in [5.74, 6) is 0.479. The van der Waals surface area contributed by atoms with E-state index < -0.39 is 0 Å². The first-order valence-electron chi connectivity index (χ1n) is 7.19. The van der Waals surface area contributed by atoms with Crippen LogP contribution in [0.15, 0.2) is 36.4 Å². The molecule has 0 radical (unpaired) electrons. The maximum Gasteiger partial charge on any atom is 0.224 e. The van der Waals surface area contributed by atoms with E-state index in [1.165, 1.54) is 12.1 Å². The highest BCUT2D eigenvalue weighted by atomic mass is 79.9. The average Bonchev–Trinajstić information content (AvgIpc) is 2.54. The van der Waals surface area contributed by atoms with Crippen LogP contribution in [-0.2, 0) is 11.3 Å². The Kier molecular flexibility index (Phi) is 6.34. The van der Waals surface area contributed by atoms with Gasteiger partial charge in [0, 0.05) is 18.3 Å². The highest BCUT2D eigenvalue weighted by Gasteiger charge is 2.07. The molecule has 2 rings (SSSR count). The van der Waals surface area contributed by atoms with Gasteiger partial charge >= 0.3 is 0 Å². The summed E-state index contributed by atoms with van der Waals surface area (Å²) < 4.78 is 12.8. The number of anilines is 3. The van der Waals surface area contributed by atoms with Crippen LogP contribution in [0.1, 0.15) is 18.4 Å². The normalized spacial score (nSPS) is 10.3. The standard InChI is InChI=1S/C16H18BrFN4O/c17-9-1-2-15(23)21-13-7-8-14(22-16(13)19)20-10-11-3-5-12(18)6-4-11/h3-8H,1-2,9-10H2,(H,21,23)(H3,19,20,22). The van der Waals surface area contributed by atoms with Crippen LogP contribution in [0.2, 0.25) is 0 Å². The van der Waals surface area contributed by atoms with Gasteiger partial charge in [-0.3, -0.25) is 4.79 Å². The number of nitrogens with one attached hydrogen (secondary N) is 2. The molecule has 1 heterocycles. The van der Waals surface area contributed by atoms with E-state index in [4.69, 9.17) is 5.73 Å². The first-order valence-corrected chi connectivity index (χ1v) is 8.31. The van der Waals surface area contributed by atoms with Gasteiger partial charge in [-0.25, -0.2) is 9.37 Å². The number of alkyl halides is 1. The molecule has 4 N–H and O–H groups in total. The number of hydrogen-bond donors (Lipinski definition) is 3. The molecule has 0 atom stereocenters. The maximum atomic E-state index is 12.8. The van der Waals surface area contributed by atoms with Crippen LogP contribution in [0.5, 0.6) is 0 Å². The molecule has 122 valence electrons. The van der Waals surface area contributed by atoms with E-state index in [-0.39, 0.29) is 17.5 Å². The second-order valence-electron chi connectivity index (χ2n) is 4.95. The molecule has 5 nitrogen and oxygen atoms in total. The van der Waals surface area contributed by atoms with E-state index in [1.807, 2.05) is 0 Å². The third kappa shape index (κ3) is 5.52. The van der Waals surface area contributed by atoms with E-state index in [0.29, 0.717) is 24.5 Å². The number of halogens is 2. The van der Waals surface area contributed by atoms with Crippen molar-refractivity contribution in [3.8, 4) is 0 Å². The first-order chi connectivity index (χ1) is 11.1. The van der Waals surface area contributed by atoms with Gasteiger partial charge in [0.15, 0.2) is 0 Å². The van der Waals surface area contributed by atoms with Crippen LogP contribution < -0.4 is 16.4 Å². The molecule has 7 heteroatoms. The fraction of sp³-hybridized carbons (Fsp3) is 0.250. The lowest BCUT2D eigenvalue weighted by atomic mass is 10.2. The molecular formula is C16H18BrFN4O. The van der Waals surface area contributed by atoms with Crippen molar-refractivity contribution in [3.05, 3.63) is 47.8 Å². The minimum Gasteiger partial charge on any atom is -0.382 e. The summed E-state index contributed by atoms with van der Waals surface area (Å²) in [5.41, 5.74) is 7.29. The Hall–Kier alpha value is -2.15. The van der Waals surface area contributed by atoms with Gasteiger partial charge in [-0.1, -0.05) is 28.1 Å². The number of aromatic nitrogens is 1. The van der Waals surface area contributed by atoms with Crippen molar-refractivity contribution in [1.29, 1.82) is 0 Å². The number of rotatable bonds is 7. The molecule has 2 aromatic rings. The van der Waals surface area contributed by atoms with Gasteiger partial charge in [0.25, 0.3) is 0 Å². The Bertz CT molecular complexity index is 664. The Balaban J connectivity index is 1.93. The van der Waals surface area contributed by atoms with Crippen LogP contribution in [0.4, 0.5) is 21.7 Å². The average molecular weight is 381 g/mol. The number of nitrogens with two attached hydrogens (primary N) is 1. The molecule has 0 spiro atoms. The third-order valence-corrected chi connectivity index (χ3v) is 3.68. The number of pyridine rings is 1. The second kappa shape index (κ2) is 8.47. The minimum atomic E-state index is -0.267. The van der Waals surface area contributed by atoms with Crippen molar-refractivity contribution in [2.24, 2.45) is 0 Å². The summed E-state index contributed by atoms with van der Waals surface area (Å²) in [6.07, 6.45) is 1.19. The summed E-state index contributed by atoms with van der Waals surface area (Å²) in [5, 5.41) is 6.62. The summed E-state index contributed by atoms with van der Waals surface area (Å²) >= 11 is 3.28. The van der Waals surface area contributed by atoms with Crippen molar-refractivity contribution < 1.29 is 9.18 Å². The maximum absolute atomic E-state index is 12.8. The number of carbonyl (C=O) groups is 1. The van der Waals surface area contributed by atoms with Gasteiger partial charge in [0.2, 0.25) is 5.91 Å². The van der Waals surface area contributed by atoms with Crippen LogP contribution in [0.3, 0.4) is 0 Å². The van der Waals surface area contributed by atoms with Gasteiger partial charge in [0.05, 0.1) is 5.69 Å². The molecule has 1 aromatic carbocycles. The third-order valence-electron chi connectivity index (χ3n) is 3.12. The molecule has 1 amide bonds. The van der Waals surface area contributed by atoms with E-state index in [0.717, 1.165) is 17.3 Å². The zero-order valence-corrected chi connectivity index (χ0v) is 14.1. The molecular weight excluding hydrogens is 363 g/mol. The van der Waals surface area contributed by atoms with Crippen molar-refractivity contribution in [3.63, 3.8) is 0 Å². The number of carbonyl (C=O) groups excluding carboxylic acids is 1. The van der Waals surface area contributed by atoms with Gasteiger partial charge in [-0.2, -0.15) is 0 Å². The van der Waals surface area contributed by atoms with E-state index >= 15 is 0 Å². The molecule has 0 saturated heterocycles. The van der Waals surface area contributed by atoms with E-state index in [1.54, 1.807) is 24.3 Å². The molecule has 23 heavy (non-hydrogen) atoms. The quantitative estimate of drug-likeness (QED) is 0.641. The summed E-state index contributed by atoms with van der Waals surface area (Å²) in [6.45, 7) is 0.504. The van der Waals surface area contributed by atoms with Crippen molar-refractivity contribution >= 4 is 39.2 Å². The highest BCUT2D eigenvalue weighted by Crippen LogP contribution is 2.19. The molecule has 0 fully saturated rings. The Morgan fingerprint density at radius 1 is 1.22 bits per heavy atom. The SMILES string of the molecule is Nc1nc(NCc2ccc(F)cc2)ccc1NC(=O)CCCBr.